The highest BCUT2D eigenvalue weighted by Crippen LogP contribution is 2.23. The summed E-state index contributed by atoms with van der Waals surface area (Å²) in [5, 5.41) is 6.07. The molecule has 2 heterocycles. The van der Waals surface area contributed by atoms with E-state index in [0.717, 1.165) is 25.1 Å². The van der Waals surface area contributed by atoms with Crippen LogP contribution < -0.4 is 10.6 Å². The number of benzene rings is 1. The molecule has 0 aliphatic carbocycles. The molecule has 1 amide bonds. The van der Waals surface area contributed by atoms with E-state index in [9.17, 15) is 13.2 Å². The Labute approximate surface area is 118 Å². The van der Waals surface area contributed by atoms with Gasteiger partial charge in [0.15, 0.2) is 9.84 Å². The average Bonchev–Trinajstić information content (AvgIpc) is 2.84. The van der Waals surface area contributed by atoms with Gasteiger partial charge >= 0.3 is 0 Å². The molecule has 2 aliphatic heterocycles. The first-order valence-corrected chi connectivity index (χ1v) is 8.74. The fourth-order valence-corrected chi connectivity index (χ4v) is 4.47. The Hall–Kier alpha value is -1.56. The second kappa shape index (κ2) is 5.09. The van der Waals surface area contributed by atoms with Crippen molar-refractivity contribution in [2.24, 2.45) is 0 Å². The predicted octanol–water partition coefficient (Wildman–Crippen LogP) is 0.962. The lowest BCUT2D eigenvalue weighted by Crippen LogP contribution is -2.43. The lowest BCUT2D eigenvalue weighted by molar-refractivity contribution is 0.0938. The standard InChI is InChI=1S/C14H18N2O3S/c17-14(16-12-2-1-7-20(18,19)9-12)11-4-3-10-5-6-15-13(10)8-11/h3-4,8,12,15H,1-2,5-7,9H2,(H,16,17). The zero-order chi connectivity index (χ0) is 14.2. The Balaban J connectivity index is 1.70. The number of anilines is 1. The fourth-order valence-electron chi connectivity index (χ4n) is 2.84. The topological polar surface area (TPSA) is 75.3 Å². The maximum Gasteiger partial charge on any atom is 0.251 e. The molecule has 0 spiro atoms. The normalized spacial score (nSPS) is 23.7. The smallest absolute Gasteiger partial charge is 0.251 e. The van der Waals surface area contributed by atoms with Gasteiger partial charge in [-0.3, -0.25) is 4.79 Å². The summed E-state index contributed by atoms with van der Waals surface area (Å²) in [6.07, 6.45) is 2.34. The number of fused-ring (bicyclic) bond motifs is 1. The first-order chi connectivity index (χ1) is 9.53. The van der Waals surface area contributed by atoms with Crippen LogP contribution >= 0.6 is 0 Å². The van der Waals surface area contributed by atoms with Crippen LogP contribution in [0.1, 0.15) is 28.8 Å². The van der Waals surface area contributed by atoms with E-state index in [-0.39, 0.29) is 23.5 Å². The van der Waals surface area contributed by atoms with E-state index in [0.29, 0.717) is 12.0 Å². The van der Waals surface area contributed by atoms with Crippen LogP contribution in [0.5, 0.6) is 0 Å². The summed E-state index contributed by atoms with van der Waals surface area (Å²) in [7, 11) is -3.00. The molecule has 1 aromatic carbocycles. The van der Waals surface area contributed by atoms with Crippen LogP contribution in [0.15, 0.2) is 18.2 Å². The molecular weight excluding hydrogens is 276 g/mol. The molecule has 2 aliphatic rings. The molecule has 1 saturated heterocycles. The Bertz CT molecular complexity index is 640. The third kappa shape index (κ3) is 2.80. The molecule has 0 radical (unpaired) electrons. The van der Waals surface area contributed by atoms with Crippen molar-refractivity contribution in [3.05, 3.63) is 29.3 Å². The SMILES string of the molecule is O=C(NC1CCCS(=O)(=O)C1)c1ccc2c(c1)NCC2. The number of sulfone groups is 1. The highest BCUT2D eigenvalue weighted by molar-refractivity contribution is 7.91. The van der Waals surface area contributed by atoms with Gasteiger partial charge < -0.3 is 10.6 Å². The molecule has 6 heteroatoms. The molecule has 1 aromatic rings. The number of rotatable bonds is 2. The molecule has 1 unspecified atom stereocenters. The van der Waals surface area contributed by atoms with Gasteiger partial charge in [0, 0.05) is 23.8 Å². The molecule has 2 N–H and O–H groups in total. The Kier molecular flexibility index (Phi) is 3.41. The largest absolute Gasteiger partial charge is 0.384 e. The summed E-state index contributed by atoms with van der Waals surface area (Å²) >= 11 is 0. The monoisotopic (exact) mass is 294 g/mol. The van der Waals surface area contributed by atoms with Crippen LogP contribution in [0.3, 0.4) is 0 Å². The lowest BCUT2D eigenvalue weighted by atomic mass is 10.1. The third-order valence-corrected chi connectivity index (χ3v) is 5.70. The number of amides is 1. The van der Waals surface area contributed by atoms with Crippen molar-refractivity contribution in [2.75, 3.05) is 23.4 Å². The van der Waals surface area contributed by atoms with Crippen molar-refractivity contribution in [2.45, 2.75) is 25.3 Å². The van der Waals surface area contributed by atoms with E-state index in [4.69, 9.17) is 0 Å². The Morgan fingerprint density at radius 3 is 3.00 bits per heavy atom. The summed E-state index contributed by atoms with van der Waals surface area (Å²) in [4.78, 5) is 12.2. The van der Waals surface area contributed by atoms with Crippen LogP contribution in [0.25, 0.3) is 0 Å². The van der Waals surface area contributed by atoms with Gasteiger partial charge in [-0.1, -0.05) is 6.07 Å². The summed E-state index contributed by atoms with van der Waals surface area (Å²) in [5.41, 5.74) is 2.82. The van der Waals surface area contributed by atoms with E-state index >= 15 is 0 Å². The maximum atomic E-state index is 12.2. The summed E-state index contributed by atoms with van der Waals surface area (Å²) in [6, 6.07) is 5.34. The lowest BCUT2D eigenvalue weighted by Gasteiger charge is -2.23. The Morgan fingerprint density at radius 1 is 1.35 bits per heavy atom. The number of hydrogen-bond donors (Lipinski definition) is 2. The quantitative estimate of drug-likeness (QED) is 0.852. The molecule has 0 saturated carbocycles. The third-order valence-electron chi connectivity index (χ3n) is 3.88. The van der Waals surface area contributed by atoms with Crippen LogP contribution in [-0.2, 0) is 16.3 Å². The van der Waals surface area contributed by atoms with Crippen molar-refractivity contribution in [1.82, 2.24) is 5.32 Å². The first kappa shape index (κ1) is 13.4. The molecule has 5 nitrogen and oxygen atoms in total. The molecular formula is C14H18N2O3S. The minimum absolute atomic E-state index is 0.0575. The zero-order valence-electron chi connectivity index (χ0n) is 11.2. The van der Waals surface area contributed by atoms with Gasteiger partial charge in [0.25, 0.3) is 5.91 Å². The maximum absolute atomic E-state index is 12.2. The van der Waals surface area contributed by atoms with Crippen molar-refractivity contribution in [3.63, 3.8) is 0 Å². The zero-order valence-corrected chi connectivity index (χ0v) is 12.0. The van der Waals surface area contributed by atoms with Crippen molar-refractivity contribution >= 4 is 21.4 Å². The van der Waals surface area contributed by atoms with Gasteiger partial charge in [-0.05, 0) is 37.0 Å². The summed E-state index contributed by atoms with van der Waals surface area (Å²) in [6.45, 7) is 0.904. The minimum Gasteiger partial charge on any atom is -0.384 e. The van der Waals surface area contributed by atoms with E-state index in [1.165, 1.54) is 5.56 Å². The van der Waals surface area contributed by atoms with Crippen LogP contribution in [0, 0.1) is 0 Å². The van der Waals surface area contributed by atoms with Crippen molar-refractivity contribution in [3.8, 4) is 0 Å². The molecule has 1 fully saturated rings. The summed E-state index contributed by atoms with van der Waals surface area (Å²) in [5.74, 6) is 0.105. The molecule has 3 rings (SSSR count). The fraction of sp³-hybridized carbons (Fsp3) is 0.500. The Morgan fingerprint density at radius 2 is 2.20 bits per heavy atom. The molecule has 108 valence electrons. The van der Waals surface area contributed by atoms with E-state index in [2.05, 4.69) is 10.6 Å². The highest BCUT2D eigenvalue weighted by atomic mass is 32.2. The summed E-state index contributed by atoms with van der Waals surface area (Å²) < 4.78 is 23.1. The highest BCUT2D eigenvalue weighted by Gasteiger charge is 2.26. The van der Waals surface area contributed by atoms with Gasteiger partial charge in [-0.15, -0.1) is 0 Å². The number of nitrogens with one attached hydrogen (secondary N) is 2. The minimum atomic E-state index is -3.00. The van der Waals surface area contributed by atoms with Crippen LogP contribution in [-0.4, -0.2) is 38.4 Å². The number of carbonyl (C=O) groups is 1. The molecule has 0 aromatic heterocycles. The molecule has 20 heavy (non-hydrogen) atoms. The van der Waals surface area contributed by atoms with Gasteiger partial charge in [0.2, 0.25) is 0 Å². The van der Waals surface area contributed by atoms with Gasteiger partial charge in [0.1, 0.15) is 0 Å². The van der Waals surface area contributed by atoms with E-state index < -0.39 is 9.84 Å². The predicted molar refractivity (Wildman–Crippen MR) is 77.8 cm³/mol. The van der Waals surface area contributed by atoms with Gasteiger partial charge in [0.05, 0.1) is 11.5 Å². The van der Waals surface area contributed by atoms with E-state index in [1.54, 1.807) is 6.07 Å². The van der Waals surface area contributed by atoms with Crippen LogP contribution in [0.4, 0.5) is 5.69 Å². The van der Waals surface area contributed by atoms with E-state index in [1.807, 2.05) is 12.1 Å². The number of hydrogen-bond acceptors (Lipinski definition) is 4. The van der Waals surface area contributed by atoms with Gasteiger partial charge in [-0.25, -0.2) is 8.42 Å². The molecule has 0 bridgehead atoms. The second-order valence-electron chi connectivity index (χ2n) is 5.48. The average molecular weight is 294 g/mol. The molecule has 1 atom stereocenters. The van der Waals surface area contributed by atoms with Crippen molar-refractivity contribution in [1.29, 1.82) is 0 Å². The van der Waals surface area contributed by atoms with Gasteiger partial charge in [-0.2, -0.15) is 0 Å². The van der Waals surface area contributed by atoms with Crippen molar-refractivity contribution < 1.29 is 13.2 Å². The first-order valence-electron chi connectivity index (χ1n) is 6.92. The second-order valence-corrected chi connectivity index (χ2v) is 7.70. The van der Waals surface area contributed by atoms with Crippen LogP contribution in [0.2, 0.25) is 0 Å². The number of carbonyl (C=O) groups excluding carboxylic acids is 1.